The van der Waals surface area contributed by atoms with Crippen molar-refractivity contribution in [3.05, 3.63) is 46.6 Å². The number of rotatable bonds is 10. The molecule has 3 aromatic rings. The van der Waals surface area contributed by atoms with Crippen LogP contribution < -0.4 is 10.2 Å². The van der Waals surface area contributed by atoms with Gasteiger partial charge in [-0.2, -0.15) is 0 Å². The number of ether oxygens (including phenoxy) is 8. The van der Waals surface area contributed by atoms with Gasteiger partial charge < -0.3 is 88.3 Å². The highest BCUT2D eigenvalue weighted by atomic mass is 16.8. The van der Waals surface area contributed by atoms with Crippen molar-refractivity contribution in [1.82, 2.24) is 0 Å². The van der Waals surface area contributed by atoms with Crippen LogP contribution in [0.4, 0.5) is 0 Å². The minimum atomic E-state index is -2.02. The molecule has 0 radical (unpaired) electrons. The zero-order chi connectivity index (χ0) is 42.3. The second-order valence-corrected chi connectivity index (χ2v) is 14.1. The topological polar surface area (TPSA) is 320 Å². The van der Waals surface area contributed by atoms with Gasteiger partial charge in [0.25, 0.3) is 0 Å². The lowest BCUT2D eigenvalue weighted by atomic mass is 9.97. The van der Waals surface area contributed by atoms with Gasteiger partial charge >= 0.3 is 11.9 Å². The zero-order valence-corrected chi connectivity index (χ0v) is 31.3. The molecule has 318 valence electrons. The molecule has 0 bridgehead atoms. The first-order valence-electron chi connectivity index (χ1n) is 18.0. The van der Waals surface area contributed by atoms with Gasteiger partial charge in [-0.05, 0) is 38.1 Å². The number of phenolic OH excluding ortho intramolecular Hbond substituents is 3. The summed E-state index contributed by atoms with van der Waals surface area (Å²) in [5.41, 5.74) is -1.11. The van der Waals surface area contributed by atoms with Crippen LogP contribution in [0.5, 0.6) is 23.0 Å². The molecule has 0 aliphatic carbocycles. The van der Waals surface area contributed by atoms with E-state index >= 15 is 0 Å². The Morgan fingerprint density at radius 1 is 0.672 bits per heavy atom. The zero-order valence-electron chi connectivity index (χ0n) is 31.3. The molecule has 2 aromatic carbocycles. The van der Waals surface area contributed by atoms with Gasteiger partial charge in [-0.3, -0.25) is 14.4 Å². The molecular formula is C37H44O21. The third kappa shape index (κ3) is 8.70. The van der Waals surface area contributed by atoms with Gasteiger partial charge in [-0.1, -0.05) is 0 Å². The van der Waals surface area contributed by atoms with Crippen LogP contribution in [-0.4, -0.2) is 157 Å². The molecule has 0 saturated carbocycles. The lowest BCUT2D eigenvalue weighted by Gasteiger charge is -2.47. The summed E-state index contributed by atoms with van der Waals surface area (Å²) in [7, 11) is 0. The van der Waals surface area contributed by atoms with Gasteiger partial charge in [-0.15, -0.1) is 0 Å². The Hall–Kier alpha value is -4.65. The number of phenols is 3. The van der Waals surface area contributed by atoms with E-state index in [2.05, 4.69) is 0 Å². The maximum atomic E-state index is 13.8. The molecule has 1 aromatic heterocycles. The molecule has 21 nitrogen and oxygen atoms in total. The predicted octanol–water partition coefficient (Wildman–Crippen LogP) is -1.40. The molecule has 3 saturated heterocycles. The monoisotopic (exact) mass is 824 g/mol. The summed E-state index contributed by atoms with van der Waals surface area (Å²) >= 11 is 0. The van der Waals surface area contributed by atoms with Crippen molar-refractivity contribution in [2.24, 2.45) is 0 Å². The molecule has 6 rings (SSSR count). The van der Waals surface area contributed by atoms with Crippen LogP contribution >= 0.6 is 0 Å². The molecule has 3 fully saturated rings. The normalized spacial score (nSPS) is 35.3. The van der Waals surface area contributed by atoms with E-state index < -0.39 is 139 Å². The van der Waals surface area contributed by atoms with E-state index in [9.17, 15) is 60.3 Å². The summed E-state index contributed by atoms with van der Waals surface area (Å²) in [6.07, 6.45) is -24.4. The van der Waals surface area contributed by atoms with E-state index in [4.69, 9.17) is 42.3 Å². The third-order valence-electron chi connectivity index (χ3n) is 9.80. The molecule has 4 heterocycles. The molecule has 3 aliphatic rings. The molecule has 21 heteroatoms. The molecule has 0 unspecified atom stereocenters. The van der Waals surface area contributed by atoms with Crippen LogP contribution in [0.25, 0.3) is 22.3 Å². The van der Waals surface area contributed by atoms with E-state index in [1.165, 1.54) is 38.1 Å². The Morgan fingerprint density at radius 2 is 1.31 bits per heavy atom. The minimum Gasteiger partial charge on any atom is -0.508 e. The smallest absolute Gasteiger partial charge is 0.303 e. The predicted molar refractivity (Wildman–Crippen MR) is 189 cm³/mol. The van der Waals surface area contributed by atoms with Gasteiger partial charge in [0.05, 0.1) is 18.8 Å². The number of aliphatic hydroxyl groups excluding tert-OH is 6. The molecule has 3 aliphatic heterocycles. The second kappa shape index (κ2) is 17.3. The molecule has 58 heavy (non-hydrogen) atoms. The van der Waals surface area contributed by atoms with Crippen molar-refractivity contribution < 1.29 is 97.9 Å². The summed E-state index contributed by atoms with van der Waals surface area (Å²) in [6.45, 7) is 4.26. The van der Waals surface area contributed by atoms with Crippen LogP contribution in [0.1, 0.15) is 27.7 Å². The van der Waals surface area contributed by atoms with Crippen molar-refractivity contribution in [2.75, 3.05) is 6.61 Å². The number of aromatic hydroxyl groups is 3. The van der Waals surface area contributed by atoms with E-state index in [0.29, 0.717) is 0 Å². The number of carbonyl (C=O) groups excluding carboxylic acids is 2. The van der Waals surface area contributed by atoms with Crippen LogP contribution in [-0.2, 0) is 42.7 Å². The van der Waals surface area contributed by atoms with Gasteiger partial charge in [-0.25, -0.2) is 0 Å². The minimum absolute atomic E-state index is 0.140. The molecule has 9 N–H and O–H groups in total. The largest absolute Gasteiger partial charge is 0.508 e. The van der Waals surface area contributed by atoms with Crippen molar-refractivity contribution in [3.63, 3.8) is 0 Å². The van der Waals surface area contributed by atoms with E-state index in [-0.39, 0.29) is 22.7 Å². The second-order valence-electron chi connectivity index (χ2n) is 14.1. The lowest BCUT2D eigenvalue weighted by molar-refractivity contribution is -0.359. The van der Waals surface area contributed by atoms with E-state index in [1.54, 1.807) is 0 Å². The molecule has 0 amide bonds. The summed E-state index contributed by atoms with van der Waals surface area (Å²) in [5, 5.41) is 95.3. The maximum absolute atomic E-state index is 13.8. The van der Waals surface area contributed by atoms with Gasteiger partial charge in [0.15, 0.2) is 30.5 Å². The Labute approximate surface area is 328 Å². The van der Waals surface area contributed by atoms with Crippen LogP contribution in [0.15, 0.2) is 45.6 Å². The summed E-state index contributed by atoms with van der Waals surface area (Å²) in [6, 6.07) is 7.18. The van der Waals surface area contributed by atoms with Crippen LogP contribution in [0.3, 0.4) is 0 Å². The first kappa shape index (κ1) is 42.9. The first-order valence-corrected chi connectivity index (χ1v) is 18.0. The van der Waals surface area contributed by atoms with Crippen molar-refractivity contribution in [2.45, 2.75) is 120 Å². The lowest BCUT2D eigenvalue weighted by Crippen LogP contribution is -2.65. The molecular weight excluding hydrogens is 780 g/mol. The van der Waals surface area contributed by atoms with E-state index in [1.807, 2.05) is 0 Å². The van der Waals surface area contributed by atoms with Crippen molar-refractivity contribution >= 4 is 22.9 Å². The van der Waals surface area contributed by atoms with Gasteiger partial charge in [0.1, 0.15) is 77.0 Å². The fraction of sp³-hybridized carbons (Fsp3) is 0.541. The highest BCUT2D eigenvalue weighted by Gasteiger charge is 2.53. The van der Waals surface area contributed by atoms with E-state index in [0.717, 1.165) is 26.0 Å². The number of benzene rings is 2. The first-order chi connectivity index (χ1) is 27.4. The summed E-state index contributed by atoms with van der Waals surface area (Å²) in [4.78, 5) is 37.8. The van der Waals surface area contributed by atoms with Gasteiger partial charge in [0.2, 0.25) is 17.5 Å². The van der Waals surface area contributed by atoms with Crippen molar-refractivity contribution in [1.29, 1.82) is 0 Å². The standard InChI is InChI=1S/C37H44O21/c1-12-23(43)27(47)34(54-15(4)39)37(51-12)58-33-29(49)35(52-13(2)30(33)53-14(3)38)50-11-21-24(44)26(46)28(48)36(56-21)57-32-25(45)22-19(42)9-18(41)10-20(22)55-31(32)16-5-7-17(40)8-6-16/h5-10,12-13,21,23-24,26-30,33-37,40-44,46-49H,11H2,1-4H3/t12-,13-,21+,23-,24-,26-,27+,28+,29+,30-,33-,34+,35+,36-,37-/m0/s1. The van der Waals surface area contributed by atoms with Gasteiger partial charge in [0, 0.05) is 31.5 Å². The summed E-state index contributed by atoms with van der Waals surface area (Å²) < 4.78 is 51.2. The average Bonchev–Trinajstić information content (AvgIpc) is 3.15. The number of aliphatic hydroxyl groups is 6. The Morgan fingerprint density at radius 3 is 1.97 bits per heavy atom. The van der Waals surface area contributed by atoms with Crippen LogP contribution in [0, 0.1) is 0 Å². The Balaban J connectivity index is 1.25. The maximum Gasteiger partial charge on any atom is 0.303 e. The number of fused-ring (bicyclic) bond motifs is 1. The molecule has 15 atom stereocenters. The number of esters is 2. The SMILES string of the molecule is CC(=O)O[C@@H]1[C@@H](O[C@@H]2O[C@@H](C)[C@H](O)[C@@H](O)[C@H]2OC(C)=O)[C@@H](O)[C@H](OC[C@H]2O[C@@H](Oc3c(-c4ccc(O)cc4)oc4cc(O)cc(O)c4c3=O)[C@H](O)[C@@H](O)[C@H]2O)O[C@H]1C. The Kier molecular flexibility index (Phi) is 12.8. The highest BCUT2D eigenvalue weighted by Crippen LogP contribution is 2.38. The van der Waals surface area contributed by atoms with Crippen molar-refractivity contribution in [3.8, 4) is 34.3 Å². The quantitative estimate of drug-likeness (QED) is 0.106. The number of hydrogen-bond acceptors (Lipinski definition) is 21. The number of hydrogen-bond donors (Lipinski definition) is 9. The fourth-order valence-corrected chi connectivity index (χ4v) is 6.86. The average molecular weight is 825 g/mol. The molecule has 0 spiro atoms. The fourth-order valence-electron chi connectivity index (χ4n) is 6.86. The summed E-state index contributed by atoms with van der Waals surface area (Å²) in [5.74, 6) is -3.87. The Bertz CT molecular complexity index is 2000. The van der Waals surface area contributed by atoms with Crippen LogP contribution in [0.2, 0.25) is 0 Å². The highest BCUT2D eigenvalue weighted by molar-refractivity contribution is 5.88. The third-order valence-corrected chi connectivity index (χ3v) is 9.80. The number of carbonyl (C=O) groups is 2.